The van der Waals surface area contributed by atoms with Gasteiger partial charge in [-0.3, -0.25) is 9.88 Å². The molecule has 1 saturated heterocycles. The van der Waals surface area contributed by atoms with Crippen LogP contribution in [-0.4, -0.2) is 35.0 Å². The first-order chi connectivity index (χ1) is 7.77. The Balaban J connectivity index is 0.00000144. The summed E-state index contributed by atoms with van der Waals surface area (Å²) in [5.41, 5.74) is 1.01. The Hall–Kier alpha value is -0.823. The molecule has 0 aromatic carbocycles. The van der Waals surface area contributed by atoms with Gasteiger partial charge in [-0.2, -0.15) is 0 Å². The fourth-order valence-electron chi connectivity index (χ4n) is 2.16. The third kappa shape index (κ3) is 3.85. The standard InChI is InChI=1S/C12H16N2O2.Li/c15-12(16)11-5-3-8-14(11)9-6-10-4-1-2-7-13-10;/h1-2,4,7,11H,3,5-6,8-9H2,(H,15,16);/q;+1/p-1/t11-;/m1./s1. The molecule has 0 aliphatic carbocycles. The summed E-state index contributed by atoms with van der Waals surface area (Å²) in [6.45, 7) is 1.60. The molecule has 86 valence electrons. The molecule has 17 heavy (non-hydrogen) atoms. The van der Waals surface area contributed by atoms with E-state index in [0.29, 0.717) is 6.42 Å². The quantitative estimate of drug-likeness (QED) is 0.509. The number of nitrogens with zero attached hydrogens (tertiary/aromatic N) is 2. The van der Waals surface area contributed by atoms with Crippen molar-refractivity contribution in [1.82, 2.24) is 9.88 Å². The molecule has 0 unspecified atom stereocenters. The molecule has 0 radical (unpaired) electrons. The van der Waals surface area contributed by atoms with Crippen molar-refractivity contribution in [3.05, 3.63) is 30.1 Å². The van der Waals surface area contributed by atoms with Crippen molar-refractivity contribution in [3.8, 4) is 0 Å². The van der Waals surface area contributed by atoms with Gasteiger partial charge in [0.2, 0.25) is 0 Å². The second-order valence-electron chi connectivity index (χ2n) is 4.08. The fraction of sp³-hybridized carbons (Fsp3) is 0.500. The molecule has 0 N–H and O–H groups in total. The van der Waals surface area contributed by atoms with Crippen LogP contribution in [-0.2, 0) is 11.2 Å². The first-order valence-electron chi connectivity index (χ1n) is 5.62. The smallest absolute Gasteiger partial charge is 0.548 e. The Morgan fingerprint density at radius 3 is 3.00 bits per heavy atom. The van der Waals surface area contributed by atoms with Gasteiger partial charge in [-0.1, -0.05) is 6.07 Å². The average Bonchev–Trinajstić information content (AvgIpc) is 2.76. The van der Waals surface area contributed by atoms with Gasteiger partial charge < -0.3 is 9.90 Å². The molecule has 0 spiro atoms. The van der Waals surface area contributed by atoms with Crippen molar-refractivity contribution in [2.24, 2.45) is 0 Å². The van der Waals surface area contributed by atoms with Crippen molar-refractivity contribution in [2.75, 3.05) is 13.1 Å². The number of aromatic nitrogens is 1. The number of likely N-dealkylation sites (tertiary alicyclic amines) is 1. The third-order valence-corrected chi connectivity index (χ3v) is 3.02. The molecule has 0 bridgehead atoms. The molecular formula is C12H15LiN2O2. The second kappa shape index (κ2) is 6.80. The minimum atomic E-state index is -0.946. The predicted molar refractivity (Wildman–Crippen MR) is 57.5 cm³/mol. The Kier molecular flexibility index (Phi) is 5.70. The molecule has 4 nitrogen and oxygen atoms in total. The van der Waals surface area contributed by atoms with Gasteiger partial charge in [-0.25, -0.2) is 0 Å². The summed E-state index contributed by atoms with van der Waals surface area (Å²) in [4.78, 5) is 17.1. The van der Waals surface area contributed by atoms with Crippen LogP contribution < -0.4 is 24.0 Å². The first kappa shape index (κ1) is 14.2. The molecule has 0 amide bonds. The molecule has 1 atom stereocenters. The van der Waals surface area contributed by atoms with E-state index in [9.17, 15) is 9.90 Å². The van der Waals surface area contributed by atoms with E-state index in [0.717, 1.165) is 31.6 Å². The number of carboxylic acid groups (broad SMARTS) is 1. The Morgan fingerprint density at radius 2 is 2.35 bits per heavy atom. The van der Waals surface area contributed by atoms with E-state index < -0.39 is 12.0 Å². The van der Waals surface area contributed by atoms with E-state index in [-0.39, 0.29) is 18.9 Å². The molecule has 5 heteroatoms. The second-order valence-corrected chi connectivity index (χ2v) is 4.08. The van der Waals surface area contributed by atoms with Crippen molar-refractivity contribution in [3.63, 3.8) is 0 Å². The van der Waals surface area contributed by atoms with Crippen molar-refractivity contribution >= 4 is 5.97 Å². The van der Waals surface area contributed by atoms with Crippen LogP contribution in [0.4, 0.5) is 0 Å². The first-order valence-corrected chi connectivity index (χ1v) is 5.62. The van der Waals surface area contributed by atoms with Crippen LogP contribution in [0, 0.1) is 0 Å². The van der Waals surface area contributed by atoms with Gasteiger partial charge in [0.1, 0.15) is 0 Å². The topological polar surface area (TPSA) is 56.3 Å². The maximum absolute atomic E-state index is 10.9. The van der Waals surface area contributed by atoms with Crippen LogP contribution in [0.3, 0.4) is 0 Å². The monoisotopic (exact) mass is 226 g/mol. The minimum absolute atomic E-state index is 0. The molecule has 2 heterocycles. The predicted octanol–water partition coefficient (Wildman–Crippen LogP) is -3.16. The van der Waals surface area contributed by atoms with Gasteiger partial charge >= 0.3 is 18.9 Å². The Bertz CT molecular complexity index is 359. The zero-order chi connectivity index (χ0) is 11.4. The van der Waals surface area contributed by atoms with E-state index in [1.807, 2.05) is 23.1 Å². The molecular weight excluding hydrogens is 211 g/mol. The molecule has 1 aromatic rings. The normalized spacial score (nSPS) is 19.9. The zero-order valence-electron chi connectivity index (χ0n) is 10.1. The molecule has 2 rings (SSSR count). The van der Waals surface area contributed by atoms with Crippen LogP contribution in [0.25, 0.3) is 0 Å². The maximum atomic E-state index is 10.9. The summed E-state index contributed by atoms with van der Waals surface area (Å²) >= 11 is 0. The van der Waals surface area contributed by atoms with Crippen LogP contribution in [0.2, 0.25) is 0 Å². The van der Waals surface area contributed by atoms with Crippen LogP contribution in [0.15, 0.2) is 24.4 Å². The Morgan fingerprint density at radius 1 is 1.53 bits per heavy atom. The van der Waals surface area contributed by atoms with Crippen molar-refractivity contribution in [2.45, 2.75) is 25.3 Å². The maximum Gasteiger partial charge on any atom is 1.00 e. The van der Waals surface area contributed by atoms with E-state index in [1.165, 1.54) is 0 Å². The molecule has 1 aliphatic rings. The number of hydrogen-bond acceptors (Lipinski definition) is 4. The number of rotatable bonds is 4. The largest absolute Gasteiger partial charge is 1.00 e. The third-order valence-electron chi connectivity index (χ3n) is 3.02. The Labute approximate surface area is 113 Å². The van der Waals surface area contributed by atoms with Crippen LogP contribution >= 0.6 is 0 Å². The summed E-state index contributed by atoms with van der Waals surface area (Å²) < 4.78 is 0. The summed E-state index contributed by atoms with van der Waals surface area (Å²) in [7, 11) is 0. The SMILES string of the molecule is O=C([O-])[C@H]1CCCN1CCc1ccccn1.[Li+]. The van der Waals surface area contributed by atoms with Crippen LogP contribution in [0.5, 0.6) is 0 Å². The van der Waals surface area contributed by atoms with Crippen LogP contribution in [0.1, 0.15) is 18.5 Å². The summed E-state index contributed by atoms with van der Waals surface area (Å²) in [5.74, 6) is -0.946. The van der Waals surface area contributed by atoms with Gasteiger partial charge in [-0.05, 0) is 31.5 Å². The fourth-order valence-corrected chi connectivity index (χ4v) is 2.16. The van der Waals surface area contributed by atoms with Crippen molar-refractivity contribution < 1.29 is 28.8 Å². The number of pyridine rings is 1. The van der Waals surface area contributed by atoms with Gasteiger partial charge in [-0.15, -0.1) is 0 Å². The van der Waals surface area contributed by atoms with Gasteiger partial charge in [0.05, 0.1) is 5.97 Å². The number of carbonyl (C=O) groups excluding carboxylic acids is 1. The number of aliphatic carboxylic acids is 1. The zero-order valence-corrected chi connectivity index (χ0v) is 10.1. The van der Waals surface area contributed by atoms with E-state index in [1.54, 1.807) is 6.20 Å². The van der Waals surface area contributed by atoms with Crippen molar-refractivity contribution in [1.29, 1.82) is 0 Å². The molecule has 0 saturated carbocycles. The average molecular weight is 226 g/mol. The van der Waals surface area contributed by atoms with Gasteiger partial charge in [0, 0.05) is 30.9 Å². The summed E-state index contributed by atoms with van der Waals surface area (Å²) in [6.07, 6.45) is 4.21. The number of carbonyl (C=O) groups is 1. The van der Waals surface area contributed by atoms with E-state index in [4.69, 9.17) is 0 Å². The minimum Gasteiger partial charge on any atom is -0.548 e. The number of carboxylic acids is 1. The van der Waals surface area contributed by atoms with Gasteiger partial charge in [0.25, 0.3) is 0 Å². The van der Waals surface area contributed by atoms with E-state index >= 15 is 0 Å². The molecule has 1 aromatic heterocycles. The number of hydrogen-bond donors (Lipinski definition) is 0. The molecule has 1 fully saturated rings. The van der Waals surface area contributed by atoms with Gasteiger partial charge in [0.15, 0.2) is 0 Å². The molecule has 1 aliphatic heterocycles. The summed E-state index contributed by atoms with van der Waals surface area (Å²) in [5, 5.41) is 10.9. The van der Waals surface area contributed by atoms with E-state index in [2.05, 4.69) is 4.98 Å². The summed E-state index contributed by atoms with van der Waals surface area (Å²) in [6, 6.07) is 5.39.